The molecule has 2 aliphatic rings. The Morgan fingerprint density at radius 2 is 2.00 bits per heavy atom. The molecule has 0 fully saturated rings. The molecule has 6 heteroatoms. The number of allylic oxidation sites excluding steroid dienone is 1. The van der Waals surface area contributed by atoms with Crippen molar-refractivity contribution in [3.63, 3.8) is 0 Å². The van der Waals surface area contributed by atoms with E-state index in [1.165, 1.54) is 32.4 Å². The van der Waals surface area contributed by atoms with Crippen molar-refractivity contribution in [3.8, 4) is 17.2 Å². The summed E-state index contributed by atoms with van der Waals surface area (Å²) in [5.41, 5.74) is -1.13. The predicted octanol–water partition coefficient (Wildman–Crippen LogP) is 1.85. The van der Waals surface area contributed by atoms with Crippen molar-refractivity contribution in [2.75, 3.05) is 14.2 Å². The Morgan fingerprint density at radius 3 is 2.64 bits per heavy atom. The van der Waals surface area contributed by atoms with E-state index in [0.29, 0.717) is 0 Å². The smallest absolute Gasteiger partial charge is 0.231 e. The third kappa shape index (κ3) is 1.73. The summed E-state index contributed by atoms with van der Waals surface area (Å²) in [5, 5.41) is 9.74. The summed E-state index contributed by atoms with van der Waals surface area (Å²) >= 11 is 0. The normalized spacial score (nSPS) is 26.5. The second-order valence-electron chi connectivity index (χ2n) is 5.47. The van der Waals surface area contributed by atoms with Gasteiger partial charge in [-0.05, 0) is 0 Å². The van der Waals surface area contributed by atoms with Crippen LogP contribution in [0.25, 0.3) is 0 Å². The van der Waals surface area contributed by atoms with Crippen molar-refractivity contribution in [2.24, 2.45) is 5.92 Å². The zero-order valence-corrected chi connectivity index (χ0v) is 12.5. The molecule has 0 unspecified atom stereocenters. The minimum Gasteiger partial charge on any atom is -0.508 e. The lowest BCUT2D eigenvalue weighted by Gasteiger charge is -2.36. The third-order valence-electron chi connectivity index (χ3n) is 4.19. The average molecular weight is 304 g/mol. The molecule has 0 amide bonds. The number of ketones is 2. The van der Waals surface area contributed by atoms with Crippen molar-refractivity contribution < 1.29 is 28.9 Å². The van der Waals surface area contributed by atoms with E-state index in [0.717, 1.165) is 0 Å². The van der Waals surface area contributed by atoms with Gasteiger partial charge in [-0.25, -0.2) is 0 Å². The number of fused-ring (bicyclic) bond motifs is 1. The van der Waals surface area contributed by atoms with Crippen molar-refractivity contribution >= 4 is 11.6 Å². The fourth-order valence-electron chi connectivity index (χ4n) is 3.14. The highest BCUT2D eigenvalue weighted by molar-refractivity contribution is 6.13. The summed E-state index contributed by atoms with van der Waals surface area (Å²) in [6, 6.07) is 2.72. The molecule has 1 aromatic rings. The third-order valence-corrected chi connectivity index (χ3v) is 4.19. The number of ether oxygens (including phenoxy) is 3. The van der Waals surface area contributed by atoms with Crippen molar-refractivity contribution in [3.05, 3.63) is 29.5 Å². The molecule has 0 aromatic heterocycles. The molecule has 1 spiro atoms. The summed E-state index contributed by atoms with van der Waals surface area (Å²) in [6.07, 6.45) is 1.48. The number of hydrogen-bond donors (Lipinski definition) is 1. The summed E-state index contributed by atoms with van der Waals surface area (Å²) in [5.74, 6) is -0.263. The first kappa shape index (κ1) is 14.4. The minimum absolute atomic E-state index is 0.0667. The molecule has 1 heterocycles. The van der Waals surface area contributed by atoms with Gasteiger partial charge < -0.3 is 19.3 Å². The fraction of sp³-hybridized carbons (Fsp3) is 0.375. The lowest BCUT2D eigenvalue weighted by molar-refractivity contribution is -0.118. The maximum atomic E-state index is 13.0. The Bertz CT molecular complexity index is 705. The molecule has 0 saturated carbocycles. The number of aromatic hydroxyl groups is 1. The number of Topliss-reactive ketones (excluding diaryl/α,β-unsaturated/α-hetero) is 1. The Morgan fingerprint density at radius 1 is 1.27 bits per heavy atom. The summed E-state index contributed by atoms with van der Waals surface area (Å²) in [7, 11) is 2.81. The maximum absolute atomic E-state index is 13.0. The van der Waals surface area contributed by atoms with Crippen molar-refractivity contribution in [1.29, 1.82) is 0 Å². The molecule has 6 nitrogen and oxygen atoms in total. The highest BCUT2D eigenvalue weighted by atomic mass is 16.6. The molecule has 1 aliphatic carbocycles. The quantitative estimate of drug-likeness (QED) is 0.898. The Kier molecular flexibility index (Phi) is 3.12. The van der Waals surface area contributed by atoms with Gasteiger partial charge in [-0.1, -0.05) is 6.92 Å². The molecule has 3 rings (SSSR count). The summed E-state index contributed by atoms with van der Waals surface area (Å²) < 4.78 is 16.3. The van der Waals surface area contributed by atoms with E-state index >= 15 is 0 Å². The molecule has 116 valence electrons. The predicted molar refractivity (Wildman–Crippen MR) is 76.2 cm³/mol. The van der Waals surface area contributed by atoms with Gasteiger partial charge in [0.05, 0.1) is 14.2 Å². The largest absolute Gasteiger partial charge is 0.508 e. The monoisotopic (exact) mass is 304 g/mol. The van der Waals surface area contributed by atoms with Crippen LogP contribution in [0.5, 0.6) is 17.2 Å². The SMILES string of the molecule is COC1=CC(=O)C[C@@H](C)[C@]12Oc1cc(O)cc(OC)c1C2=O. The van der Waals surface area contributed by atoms with E-state index in [4.69, 9.17) is 14.2 Å². The minimum atomic E-state index is -1.38. The molecule has 0 bridgehead atoms. The van der Waals surface area contributed by atoms with E-state index in [1.54, 1.807) is 6.92 Å². The first-order valence-electron chi connectivity index (χ1n) is 6.87. The Balaban J connectivity index is 2.21. The van der Waals surface area contributed by atoms with Crippen LogP contribution in [0.4, 0.5) is 0 Å². The van der Waals surface area contributed by atoms with Crippen LogP contribution in [-0.4, -0.2) is 36.5 Å². The maximum Gasteiger partial charge on any atom is 0.231 e. The van der Waals surface area contributed by atoms with Gasteiger partial charge in [0.25, 0.3) is 0 Å². The molecule has 1 N–H and O–H groups in total. The van der Waals surface area contributed by atoms with Crippen LogP contribution in [0.2, 0.25) is 0 Å². The van der Waals surface area contributed by atoms with Crippen LogP contribution in [0, 0.1) is 5.92 Å². The van der Waals surface area contributed by atoms with Crippen LogP contribution in [0.3, 0.4) is 0 Å². The molecular formula is C16H16O6. The molecule has 1 aliphatic heterocycles. The highest BCUT2D eigenvalue weighted by Gasteiger charge is 2.59. The Labute approximate surface area is 127 Å². The lowest BCUT2D eigenvalue weighted by Crippen LogP contribution is -2.51. The highest BCUT2D eigenvalue weighted by Crippen LogP contribution is 2.50. The number of carbonyl (C=O) groups excluding carboxylic acids is 2. The fourth-order valence-corrected chi connectivity index (χ4v) is 3.14. The Hall–Kier alpha value is -2.50. The van der Waals surface area contributed by atoms with Crippen LogP contribution >= 0.6 is 0 Å². The van der Waals surface area contributed by atoms with Gasteiger partial charge in [-0.2, -0.15) is 0 Å². The molecule has 0 saturated heterocycles. The van der Waals surface area contributed by atoms with Crippen LogP contribution < -0.4 is 9.47 Å². The first-order chi connectivity index (χ1) is 10.4. The van der Waals surface area contributed by atoms with Gasteiger partial charge in [0.15, 0.2) is 11.5 Å². The van der Waals surface area contributed by atoms with Gasteiger partial charge in [-0.15, -0.1) is 0 Å². The summed E-state index contributed by atoms with van der Waals surface area (Å²) in [4.78, 5) is 24.8. The number of methoxy groups -OCH3 is 2. The molecule has 22 heavy (non-hydrogen) atoms. The number of phenols is 1. The van der Waals surface area contributed by atoms with Gasteiger partial charge in [-0.3, -0.25) is 9.59 Å². The van der Waals surface area contributed by atoms with Gasteiger partial charge in [0.1, 0.15) is 22.8 Å². The van der Waals surface area contributed by atoms with Gasteiger partial charge in [0, 0.05) is 30.5 Å². The molecule has 0 radical (unpaired) electrons. The number of benzene rings is 1. The molecular weight excluding hydrogens is 288 g/mol. The van der Waals surface area contributed by atoms with Crippen LogP contribution in [0.1, 0.15) is 23.7 Å². The standard InChI is InChI=1S/C16H16O6/c1-8-4-9(17)7-13(21-3)16(8)15(19)14-11(20-2)5-10(18)6-12(14)22-16/h5-8,18H,4H2,1-3H3/t8-,16+/m1/s1. The number of hydrogen-bond acceptors (Lipinski definition) is 6. The molecule has 1 aromatic carbocycles. The lowest BCUT2D eigenvalue weighted by atomic mass is 9.75. The topological polar surface area (TPSA) is 82.1 Å². The van der Waals surface area contributed by atoms with Gasteiger partial charge in [0.2, 0.25) is 11.4 Å². The zero-order valence-electron chi connectivity index (χ0n) is 12.5. The van der Waals surface area contributed by atoms with E-state index in [9.17, 15) is 14.7 Å². The molecule has 2 atom stereocenters. The average Bonchev–Trinajstić information content (AvgIpc) is 2.76. The number of carbonyl (C=O) groups is 2. The summed E-state index contributed by atoms with van der Waals surface area (Å²) in [6.45, 7) is 1.76. The van der Waals surface area contributed by atoms with E-state index in [2.05, 4.69) is 0 Å². The second-order valence-corrected chi connectivity index (χ2v) is 5.47. The van der Waals surface area contributed by atoms with Crippen molar-refractivity contribution in [1.82, 2.24) is 0 Å². The van der Waals surface area contributed by atoms with E-state index < -0.39 is 11.5 Å². The van der Waals surface area contributed by atoms with Crippen LogP contribution in [-0.2, 0) is 9.53 Å². The van der Waals surface area contributed by atoms with Crippen LogP contribution in [0.15, 0.2) is 24.0 Å². The number of rotatable bonds is 2. The van der Waals surface area contributed by atoms with Crippen molar-refractivity contribution in [2.45, 2.75) is 18.9 Å². The van der Waals surface area contributed by atoms with E-state index in [1.807, 2.05) is 0 Å². The van der Waals surface area contributed by atoms with E-state index in [-0.39, 0.29) is 46.6 Å². The zero-order chi connectivity index (χ0) is 16.1. The number of phenolic OH excluding ortho intramolecular Hbond substituents is 1. The second kappa shape index (κ2) is 4.76. The first-order valence-corrected chi connectivity index (χ1v) is 6.87. The van der Waals surface area contributed by atoms with Gasteiger partial charge >= 0.3 is 0 Å².